The molecular formula is C16H26N2O. The highest BCUT2D eigenvalue weighted by atomic mass is 16.1. The van der Waals surface area contributed by atoms with E-state index in [4.69, 9.17) is 0 Å². The van der Waals surface area contributed by atoms with Crippen molar-refractivity contribution < 1.29 is 4.79 Å². The van der Waals surface area contributed by atoms with E-state index in [1.807, 2.05) is 32.0 Å². The van der Waals surface area contributed by atoms with Crippen LogP contribution in [0.3, 0.4) is 0 Å². The van der Waals surface area contributed by atoms with Crippen molar-refractivity contribution in [1.82, 2.24) is 5.32 Å². The first-order chi connectivity index (χ1) is 8.89. The Morgan fingerprint density at radius 1 is 1.26 bits per heavy atom. The van der Waals surface area contributed by atoms with Crippen LogP contribution in [0.25, 0.3) is 0 Å². The summed E-state index contributed by atoms with van der Waals surface area (Å²) >= 11 is 0. The quantitative estimate of drug-likeness (QED) is 0.822. The van der Waals surface area contributed by atoms with Crippen LogP contribution in [0.5, 0.6) is 0 Å². The van der Waals surface area contributed by atoms with Crippen molar-refractivity contribution in [2.24, 2.45) is 5.41 Å². The first kappa shape index (κ1) is 15.5. The van der Waals surface area contributed by atoms with Gasteiger partial charge in [-0.2, -0.15) is 0 Å². The van der Waals surface area contributed by atoms with Crippen molar-refractivity contribution in [1.29, 1.82) is 0 Å². The van der Waals surface area contributed by atoms with Gasteiger partial charge in [0.2, 0.25) is 0 Å². The van der Waals surface area contributed by atoms with Gasteiger partial charge in [-0.05, 0) is 37.8 Å². The highest BCUT2D eigenvalue weighted by Crippen LogP contribution is 2.20. The van der Waals surface area contributed by atoms with Crippen molar-refractivity contribution in [3.05, 3.63) is 29.3 Å². The van der Waals surface area contributed by atoms with E-state index in [1.54, 1.807) is 0 Å². The lowest BCUT2D eigenvalue weighted by Crippen LogP contribution is -2.34. The molecule has 0 aliphatic carbocycles. The minimum Gasteiger partial charge on any atom is -0.385 e. The molecular weight excluding hydrogens is 236 g/mol. The molecule has 2 N–H and O–H groups in total. The molecule has 106 valence electrons. The zero-order chi connectivity index (χ0) is 14.5. The second kappa shape index (κ2) is 6.60. The molecule has 0 saturated heterocycles. The van der Waals surface area contributed by atoms with E-state index >= 15 is 0 Å². The van der Waals surface area contributed by atoms with Gasteiger partial charge in [-0.1, -0.05) is 32.4 Å². The number of hydrogen-bond donors (Lipinski definition) is 2. The molecule has 0 bridgehead atoms. The van der Waals surface area contributed by atoms with E-state index in [2.05, 4.69) is 31.4 Å². The highest BCUT2D eigenvalue weighted by Gasteiger charge is 2.18. The summed E-state index contributed by atoms with van der Waals surface area (Å²) in [5.74, 6) is 0.00109. The predicted octanol–water partition coefficient (Wildman–Crippen LogP) is 3.59. The Morgan fingerprint density at radius 3 is 2.53 bits per heavy atom. The smallest absolute Gasteiger partial charge is 0.253 e. The van der Waals surface area contributed by atoms with Crippen LogP contribution in [-0.4, -0.2) is 19.0 Å². The molecule has 0 saturated carbocycles. The Morgan fingerprint density at radius 2 is 1.95 bits per heavy atom. The average molecular weight is 262 g/mol. The molecule has 0 atom stereocenters. The van der Waals surface area contributed by atoms with Crippen molar-refractivity contribution >= 4 is 11.6 Å². The zero-order valence-corrected chi connectivity index (χ0v) is 12.8. The minimum atomic E-state index is 0.00109. The summed E-state index contributed by atoms with van der Waals surface area (Å²) in [4.78, 5) is 12.3. The van der Waals surface area contributed by atoms with E-state index in [1.165, 1.54) is 0 Å². The van der Waals surface area contributed by atoms with Gasteiger partial charge in [-0.15, -0.1) is 0 Å². The summed E-state index contributed by atoms with van der Waals surface area (Å²) in [5, 5.41) is 6.27. The highest BCUT2D eigenvalue weighted by molar-refractivity contribution is 5.99. The summed E-state index contributed by atoms with van der Waals surface area (Å²) in [6, 6.07) is 5.93. The maximum absolute atomic E-state index is 12.3. The van der Waals surface area contributed by atoms with E-state index < -0.39 is 0 Å². The fraction of sp³-hybridized carbons (Fsp3) is 0.562. The predicted molar refractivity (Wildman–Crippen MR) is 81.7 cm³/mol. The van der Waals surface area contributed by atoms with Gasteiger partial charge >= 0.3 is 0 Å². The molecule has 1 aromatic rings. The van der Waals surface area contributed by atoms with Gasteiger partial charge in [-0.3, -0.25) is 4.79 Å². The lowest BCUT2D eigenvalue weighted by Gasteiger charge is -2.23. The van der Waals surface area contributed by atoms with Crippen molar-refractivity contribution in [2.45, 2.75) is 41.0 Å². The molecule has 0 fully saturated rings. The number of rotatable bonds is 6. The standard InChI is InChI=1S/C16H26N2O/c1-6-16(4,5)11-18-15(19)13-10-12(3)8-9-14(13)17-7-2/h8-10,17H,6-7,11H2,1-5H3,(H,18,19). The first-order valence-corrected chi connectivity index (χ1v) is 7.02. The van der Waals surface area contributed by atoms with Crippen LogP contribution in [0.15, 0.2) is 18.2 Å². The molecule has 3 nitrogen and oxygen atoms in total. The second-order valence-corrected chi connectivity index (χ2v) is 5.78. The van der Waals surface area contributed by atoms with Gasteiger partial charge in [0.1, 0.15) is 0 Å². The number of anilines is 1. The van der Waals surface area contributed by atoms with Crippen LogP contribution in [0, 0.1) is 12.3 Å². The topological polar surface area (TPSA) is 41.1 Å². The number of nitrogens with one attached hydrogen (secondary N) is 2. The lowest BCUT2D eigenvalue weighted by molar-refractivity contribution is 0.0936. The van der Waals surface area contributed by atoms with Gasteiger partial charge in [0.05, 0.1) is 5.56 Å². The Balaban J connectivity index is 2.83. The summed E-state index contributed by atoms with van der Waals surface area (Å²) in [6.45, 7) is 12.0. The molecule has 0 aliphatic rings. The lowest BCUT2D eigenvalue weighted by atomic mass is 9.90. The van der Waals surface area contributed by atoms with E-state index in [0.29, 0.717) is 6.54 Å². The van der Waals surface area contributed by atoms with E-state index in [0.717, 1.165) is 29.8 Å². The summed E-state index contributed by atoms with van der Waals surface area (Å²) in [5.41, 5.74) is 2.87. The molecule has 19 heavy (non-hydrogen) atoms. The van der Waals surface area contributed by atoms with E-state index in [-0.39, 0.29) is 11.3 Å². The Labute approximate surface area is 116 Å². The van der Waals surface area contributed by atoms with Crippen LogP contribution >= 0.6 is 0 Å². The SMILES string of the molecule is CCNc1ccc(C)cc1C(=O)NCC(C)(C)CC. The molecule has 0 aromatic heterocycles. The number of hydrogen-bond acceptors (Lipinski definition) is 2. The van der Waals surface area contributed by atoms with Gasteiger partial charge in [0.15, 0.2) is 0 Å². The van der Waals surface area contributed by atoms with Crippen LogP contribution in [0.1, 0.15) is 50.0 Å². The zero-order valence-electron chi connectivity index (χ0n) is 12.8. The third kappa shape index (κ3) is 4.58. The number of amides is 1. The molecule has 0 heterocycles. The molecule has 1 aromatic carbocycles. The van der Waals surface area contributed by atoms with Crippen LogP contribution < -0.4 is 10.6 Å². The number of benzene rings is 1. The van der Waals surface area contributed by atoms with E-state index in [9.17, 15) is 4.79 Å². The molecule has 0 radical (unpaired) electrons. The summed E-state index contributed by atoms with van der Waals surface area (Å²) in [7, 11) is 0. The molecule has 3 heteroatoms. The number of carbonyl (C=O) groups excluding carboxylic acids is 1. The van der Waals surface area contributed by atoms with Gasteiger partial charge in [-0.25, -0.2) is 0 Å². The fourth-order valence-electron chi connectivity index (χ4n) is 1.73. The Kier molecular flexibility index (Phi) is 5.40. The summed E-state index contributed by atoms with van der Waals surface area (Å²) in [6.07, 6.45) is 1.04. The van der Waals surface area contributed by atoms with Crippen LogP contribution in [-0.2, 0) is 0 Å². The molecule has 1 rings (SSSR count). The van der Waals surface area contributed by atoms with Gasteiger partial charge < -0.3 is 10.6 Å². The minimum absolute atomic E-state index is 0.00109. The second-order valence-electron chi connectivity index (χ2n) is 5.78. The Hall–Kier alpha value is -1.51. The monoisotopic (exact) mass is 262 g/mol. The van der Waals surface area contributed by atoms with Crippen molar-refractivity contribution in [2.75, 3.05) is 18.4 Å². The Bertz CT molecular complexity index is 438. The average Bonchev–Trinajstić information content (AvgIpc) is 2.38. The fourth-order valence-corrected chi connectivity index (χ4v) is 1.73. The maximum Gasteiger partial charge on any atom is 0.253 e. The first-order valence-electron chi connectivity index (χ1n) is 7.02. The number of aryl methyl sites for hydroxylation is 1. The van der Waals surface area contributed by atoms with Crippen LogP contribution in [0.4, 0.5) is 5.69 Å². The molecule has 0 unspecified atom stereocenters. The largest absolute Gasteiger partial charge is 0.385 e. The van der Waals surface area contributed by atoms with Crippen molar-refractivity contribution in [3.8, 4) is 0 Å². The third-order valence-corrected chi connectivity index (χ3v) is 3.47. The number of carbonyl (C=O) groups is 1. The van der Waals surface area contributed by atoms with Gasteiger partial charge in [0, 0.05) is 18.8 Å². The third-order valence-electron chi connectivity index (χ3n) is 3.47. The molecule has 0 aliphatic heterocycles. The maximum atomic E-state index is 12.3. The van der Waals surface area contributed by atoms with Gasteiger partial charge in [0.25, 0.3) is 5.91 Å². The van der Waals surface area contributed by atoms with Crippen LogP contribution in [0.2, 0.25) is 0 Å². The van der Waals surface area contributed by atoms with Crippen molar-refractivity contribution in [3.63, 3.8) is 0 Å². The normalized spacial score (nSPS) is 11.2. The molecule has 1 amide bonds. The molecule has 0 spiro atoms. The summed E-state index contributed by atoms with van der Waals surface area (Å²) < 4.78 is 0.